The van der Waals surface area contributed by atoms with Crippen LogP contribution in [-0.4, -0.2) is 12.3 Å². The van der Waals surface area contributed by atoms with E-state index < -0.39 is 0 Å². The predicted octanol–water partition coefficient (Wildman–Crippen LogP) is 5.00. The fourth-order valence-corrected chi connectivity index (χ4v) is 2.44. The molecule has 0 heterocycles. The van der Waals surface area contributed by atoms with E-state index in [2.05, 4.69) is 6.92 Å². The van der Waals surface area contributed by atoms with Gasteiger partial charge in [0.25, 0.3) is 0 Å². The van der Waals surface area contributed by atoms with Crippen molar-refractivity contribution in [2.24, 2.45) is 5.73 Å². The van der Waals surface area contributed by atoms with Gasteiger partial charge in [0, 0.05) is 6.42 Å². The highest BCUT2D eigenvalue weighted by Crippen LogP contribution is 2.12. The molecule has 0 aromatic carbocycles. The molecule has 0 radical (unpaired) electrons. The van der Waals surface area contributed by atoms with Gasteiger partial charge in [0.1, 0.15) is 5.78 Å². The van der Waals surface area contributed by atoms with Crippen molar-refractivity contribution in [1.29, 1.82) is 0 Å². The van der Waals surface area contributed by atoms with E-state index in [-0.39, 0.29) is 12.3 Å². The van der Waals surface area contributed by atoms with Gasteiger partial charge >= 0.3 is 0 Å². The third-order valence-corrected chi connectivity index (χ3v) is 3.79. The first kappa shape index (κ1) is 18.6. The molecular formula is C17H35NO. The number of Topliss-reactive ketones (excluding diaryl/α,β-unsaturated/α-hetero) is 1. The average molecular weight is 269 g/mol. The van der Waals surface area contributed by atoms with Crippen molar-refractivity contribution < 1.29 is 4.79 Å². The molecule has 0 rings (SSSR count). The Balaban J connectivity index is 2.97. The molecule has 0 fully saturated rings. The second-order valence-corrected chi connectivity index (χ2v) is 5.74. The highest BCUT2D eigenvalue weighted by Gasteiger charge is 1.98. The van der Waals surface area contributed by atoms with Gasteiger partial charge in [-0.25, -0.2) is 0 Å². The van der Waals surface area contributed by atoms with Crippen LogP contribution in [0.3, 0.4) is 0 Å². The molecule has 2 nitrogen and oxygen atoms in total. The van der Waals surface area contributed by atoms with E-state index >= 15 is 0 Å². The molecule has 114 valence electrons. The van der Waals surface area contributed by atoms with Crippen molar-refractivity contribution >= 4 is 5.78 Å². The molecule has 2 N–H and O–H groups in total. The van der Waals surface area contributed by atoms with Crippen LogP contribution in [0, 0.1) is 0 Å². The van der Waals surface area contributed by atoms with Gasteiger partial charge in [-0.1, -0.05) is 84.0 Å². The van der Waals surface area contributed by atoms with Crippen molar-refractivity contribution in [1.82, 2.24) is 0 Å². The van der Waals surface area contributed by atoms with Crippen LogP contribution in [0.1, 0.15) is 96.8 Å². The van der Waals surface area contributed by atoms with E-state index in [0.717, 1.165) is 6.42 Å². The van der Waals surface area contributed by atoms with Gasteiger partial charge < -0.3 is 5.73 Å². The van der Waals surface area contributed by atoms with Crippen LogP contribution < -0.4 is 5.73 Å². The van der Waals surface area contributed by atoms with Crippen LogP contribution >= 0.6 is 0 Å². The van der Waals surface area contributed by atoms with Crippen LogP contribution in [0.25, 0.3) is 0 Å². The molecule has 0 bridgehead atoms. The van der Waals surface area contributed by atoms with E-state index in [4.69, 9.17) is 5.73 Å². The van der Waals surface area contributed by atoms with Crippen molar-refractivity contribution in [3.8, 4) is 0 Å². The first-order valence-electron chi connectivity index (χ1n) is 8.53. The van der Waals surface area contributed by atoms with Gasteiger partial charge in [0.2, 0.25) is 0 Å². The number of nitrogens with two attached hydrogens (primary N) is 1. The lowest BCUT2D eigenvalue weighted by molar-refractivity contribution is -0.117. The quantitative estimate of drug-likeness (QED) is 0.425. The molecule has 0 unspecified atom stereocenters. The Morgan fingerprint density at radius 1 is 0.684 bits per heavy atom. The molecule has 0 aliphatic heterocycles. The van der Waals surface area contributed by atoms with Gasteiger partial charge in [-0.3, -0.25) is 4.79 Å². The number of carbonyl (C=O) groups is 1. The summed E-state index contributed by atoms with van der Waals surface area (Å²) in [5, 5.41) is 0. The molecule has 0 aliphatic carbocycles. The Labute approximate surface area is 120 Å². The summed E-state index contributed by atoms with van der Waals surface area (Å²) in [7, 11) is 0. The third kappa shape index (κ3) is 15.6. The Morgan fingerprint density at radius 2 is 1.05 bits per heavy atom. The molecular weight excluding hydrogens is 234 g/mol. The summed E-state index contributed by atoms with van der Waals surface area (Å²) < 4.78 is 0. The Morgan fingerprint density at radius 3 is 1.42 bits per heavy atom. The van der Waals surface area contributed by atoms with Crippen LogP contribution in [0.15, 0.2) is 0 Å². The summed E-state index contributed by atoms with van der Waals surface area (Å²) >= 11 is 0. The highest BCUT2D eigenvalue weighted by molar-refractivity contribution is 5.80. The molecule has 0 aliphatic rings. The van der Waals surface area contributed by atoms with Gasteiger partial charge in [0.15, 0.2) is 0 Å². The van der Waals surface area contributed by atoms with E-state index in [9.17, 15) is 4.79 Å². The van der Waals surface area contributed by atoms with Crippen LogP contribution in [-0.2, 0) is 4.79 Å². The smallest absolute Gasteiger partial charge is 0.146 e. The second-order valence-electron chi connectivity index (χ2n) is 5.74. The molecule has 0 atom stereocenters. The summed E-state index contributed by atoms with van der Waals surface area (Å²) in [5.74, 6) is 0.211. The van der Waals surface area contributed by atoms with Gasteiger partial charge in [-0.2, -0.15) is 0 Å². The monoisotopic (exact) mass is 269 g/mol. The van der Waals surface area contributed by atoms with E-state index in [1.807, 2.05) is 0 Å². The maximum Gasteiger partial charge on any atom is 0.146 e. The molecule has 0 amide bonds. The zero-order chi connectivity index (χ0) is 14.2. The van der Waals surface area contributed by atoms with Crippen LogP contribution in [0.5, 0.6) is 0 Å². The first-order chi connectivity index (χ1) is 9.31. The fourth-order valence-electron chi connectivity index (χ4n) is 2.44. The lowest BCUT2D eigenvalue weighted by Crippen LogP contribution is -2.12. The number of hydrogen-bond donors (Lipinski definition) is 1. The lowest BCUT2D eigenvalue weighted by Gasteiger charge is -2.02. The largest absolute Gasteiger partial charge is 0.324 e. The maximum absolute atomic E-state index is 11.0. The molecule has 19 heavy (non-hydrogen) atoms. The molecule has 0 aromatic rings. The summed E-state index contributed by atoms with van der Waals surface area (Å²) in [6.07, 6.45) is 18.2. The summed E-state index contributed by atoms with van der Waals surface area (Å²) in [6, 6.07) is 0. The topological polar surface area (TPSA) is 43.1 Å². The second kappa shape index (κ2) is 15.7. The lowest BCUT2D eigenvalue weighted by atomic mass is 10.0. The van der Waals surface area contributed by atoms with Crippen molar-refractivity contribution in [2.75, 3.05) is 6.54 Å². The molecule has 0 spiro atoms. The van der Waals surface area contributed by atoms with E-state index in [0.29, 0.717) is 6.42 Å². The Kier molecular flexibility index (Phi) is 15.4. The number of rotatable bonds is 15. The minimum absolute atomic E-state index is 0.211. The first-order valence-corrected chi connectivity index (χ1v) is 8.53. The molecule has 0 saturated heterocycles. The maximum atomic E-state index is 11.0. The number of hydrogen-bond acceptors (Lipinski definition) is 2. The summed E-state index contributed by atoms with van der Waals surface area (Å²) in [5.41, 5.74) is 5.27. The predicted molar refractivity (Wildman–Crippen MR) is 84.4 cm³/mol. The van der Waals surface area contributed by atoms with Crippen molar-refractivity contribution in [3.63, 3.8) is 0 Å². The summed E-state index contributed by atoms with van der Waals surface area (Å²) in [6.45, 7) is 2.49. The van der Waals surface area contributed by atoms with E-state index in [1.54, 1.807) is 0 Å². The highest BCUT2D eigenvalue weighted by atomic mass is 16.1. The van der Waals surface area contributed by atoms with Crippen LogP contribution in [0.2, 0.25) is 0 Å². The van der Waals surface area contributed by atoms with Crippen LogP contribution in [0.4, 0.5) is 0 Å². The zero-order valence-corrected chi connectivity index (χ0v) is 13.1. The number of carbonyl (C=O) groups excluding carboxylic acids is 1. The number of ketones is 1. The minimum atomic E-state index is 0.211. The minimum Gasteiger partial charge on any atom is -0.324 e. The zero-order valence-electron chi connectivity index (χ0n) is 13.1. The fraction of sp³-hybridized carbons (Fsp3) is 0.941. The van der Waals surface area contributed by atoms with Crippen molar-refractivity contribution in [2.45, 2.75) is 96.8 Å². The van der Waals surface area contributed by atoms with Gasteiger partial charge in [-0.05, 0) is 6.42 Å². The Hall–Kier alpha value is -0.370. The molecule has 0 saturated carbocycles. The van der Waals surface area contributed by atoms with Crippen molar-refractivity contribution in [3.05, 3.63) is 0 Å². The summed E-state index contributed by atoms with van der Waals surface area (Å²) in [4.78, 5) is 11.0. The molecule has 2 heteroatoms. The standard InChI is InChI=1S/C17H35NO/c1-2-3-4-5-6-7-8-9-10-11-12-13-14-15-17(19)16-18/h2-16,18H2,1H3. The Bertz CT molecular complexity index is 192. The number of unbranched alkanes of at least 4 members (excludes halogenated alkanes) is 12. The normalized spacial score (nSPS) is 10.8. The van der Waals surface area contributed by atoms with Gasteiger partial charge in [0.05, 0.1) is 6.54 Å². The SMILES string of the molecule is CCCCCCCCCCCCCCCC(=O)CN. The van der Waals surface area contributed by atoms with E-state index in [1.165, 1.54) is 77.0 Å². The average Bonchev–Trinajstić information content (AvgIpc) is 2.43. The van der Waals surface area contributed by atoms with Gasteiger partial charge in [-0.15, -0.1) is 0 Å². The third-order valence-electron chi connectivity index (χ3n) is 3.79. The molecule has 0 aromatic heterocycles.